The molecule has 2 saturated heterocycles. The smallest absolute Gasteiger partial charge is 0.298 e. The Balaban J connectivity index is 1.41. The molecule has 0 N–H and O–H groups in total. The molecule has 1 atom stereocenters. The Hall–Kier alpha value is -2.08. The van der Waals surface area contributed by atoms with Crippen molar-refractivity contribution in [1.82, 2.24) is 9.88 Å². The van der Waals surface area contributed by atoms with Gasteiger partial charge in [-0.15, -0.1) is 0 Å². The molecule has 22 heavy (non-hydrogen) atoms. The second kappa shape index (κ2) is 5.61. The third-order valence-electron chi connectivity index (χ3n) is 4.42. The zero-order valence-electron chi connectivity index (χ0n) is 12.4. The van der Waals surface area contributed by atoms with Crippen molar-refractivity contribution in [3.8, 4) is 0 Å². The van der Waals surface area contributed by atoms with Gasteiger partial charge in [0, 0.05) is 32.8 Å². The maximum absolute atomic E-state index is 12.4. The maximum Gasteiger partial charge on any atom is 0.298 e. The van der Waals surface area contributed by atoms with Gasteiger partial charge < -0.3 is 19.0 Å². The number of ether oxygens (including phenoxy) is 1. The lowest BCUT2D eigenvalue weighted by atomic mass is 10.1. The summed E-state index contributed by atoms with van der Waals surface area (Å²) in [6.07, 6.45) is 0.851. The normalized spacial score (nSPS) is 22.5. The summed E-state index contributed by atoms with van der Waals surface area (Å²) >= 11 is 0. The first kappa shape index (κ1) is 13.6. The molecular formula is C16H19N3O3. The molecular weight excluding hydrogens is 282 g/mol. The molecule has 0 radical (unpaired) electrons. The van der Waals surface area contributed by atoms with E-state index in [4.69, 9.17) is 9.15 Å². The summed E-state index contributed by atoms with van der Waals surface area (Å²) in [5.41, 5.74) is 1.68. The fraction of sp³-hybridized carbons (Fsp3) is 0.500. The lowest BCUT2D eigenvalue weighted by Crippen LogP contribution is -2.50. The van der Waals surface area contributed by atoms with E-state index in [0.29, 0.717) is 32.3 Å². The Morgan fingerprint density at radius 2 is 2.00 bits per heavy atom. The minimum atomic E-state index is 0.0517. The third kappa shape index (κ3) is 2.43. The number of benzene rings is 1. The molecule has 3 heterocycles. The molecule has 2 aliphatic rings. The minimum absolute atomic E-state index is 0.0517. The number of fused-ring (bicyclic) bond motifs is 1. The van der Waals surface area contributed by atoms with Crippen LogP contribution >= 0.6 is 0 Å². The Morgan fingerprint density at radius 3 is 2.73 bits per heavy atom. The zero-order valence-corrected chi connectivity index (χ0v) is 12.4. The van der Waals surface area contributed by atoms with Crippen LogP contribution in [0.5, 0.6) is 0 Å². The van der Waals surface area contributed by atoms with Crippen LogP contribution in [0.15, 0.2) is 28.7 Å². The number of hydrogen-bond donors (Lipinski definition) is 0. The number of oxazole rings is 1. The van der Waals surface area contributed by atoms with Gasteiger partial charge in [-0.3, -0.25) is 4.79 Å². The standard InChI is InChI=1S/C16H19N3O3/c20-15(12-5-10-21-11-12)18-6-8-19(9-7-18)16-17-13-3-1-2-4-14(13)22-16/h1-4,12H,5-11H2/t12-/m1/s1. The van der Waals surface area contributed by atoms with E-state index in [1.54, 1.807) is 0 Å². The van der Waals surface area contributed by atoms with Gasteiger partial charge in [0.25, 0.3) is 6.01 Å². The van der Waals surface area contributed by atoms with E-state index < -0.39 is 0 Å². The molecule has 0 saturated carbocycles. The van der Waals surface area contributed by atoms with Gasteiger partial charge in [-0.2, -0.15) is 4.98 Å². The molecule has 1 aromatic carbocycles. The van der Waals surface area contributed by atoms with Crippen LogP contribution in [0.25, 0.3) is 11.1 Å². The van der Waals surface area contributed by atoms with Crippen LogP contribution < -0.4 is 4.90 Å². The molecule has 1 amide bonds. The molecule has 0 unspecified atom stereocenters. The van der Waals surface area contributed by atoms with Crippen molar-refractivity contribution >= 4 is 23.0 Å². The van der Waals surface area contributed by atoms with Crippen LogP contribution in [-0.2, 0) is 9.53 Å². The molecule has 4 rings (SSSR count). The van der Waals surface area contributed by atoms with Crippen LogP contribution in [0.2, 0.25) is 0 Å². The predicted molar refractivity (Wildman–Crippen MR) is 81.7 cm³/mol. The number of piperazine rings is 1. The molecule has 1 aromatic heterocycles. The number of rotatable bonds is 2. The molecule has 2 fully saturated rings. The lowest BCUT2D eigenvalue weighted by molar-refractivity contribution is -0.135. The quantitative estimate of drug-likeness (QED) is 0.841. The minimum Gasteiger partial charge on any atom is -0.423 e. The Labute approximate surface area is 128 Å². The van der Waals surface area contributed by atoms with Crippen LogP contribution in [0.1, 0.15) is 6.42 Å². The van der Waals surface area contributed by atoms with Crippen molar-refractivity contribution in [1.29, 1.82) is 0 Å². The summed E-state index contributed by atoms with van der Waals surface area (Å²) in [7, 11) is 0. The second-order valence-corrected chi connectivity index (χ2v) is 5.84. The van der Waals surface area contributed by atoms with Crippen LogP contribution in [0.4, 0.5) is 6.01 Å². The van der Waals surface area contributed by atoms with Gasteiger partial charge in [0.2, 0.25) is 5.91 Å². The molecule has 116 valence electrons. The van der Waals surface area contributed by atoms with Crippen LogP contribution in [0.3, 0.4) is 0 Å². The molecule has 6 heteroatoms. The maximum atomic E-state index is 12.4. The largest absolute Gasteiger partial charge is 0.423 e. The third-order valence-corrected chi connectivity index (χ3v) is 4.42. The summed E-state index contributed by atoms with van der Waals surface area (Å²) < 4.78 is 11.1. The van der Waals surface area contributed by atoms with Crippen molar-refractivity contribution in [3.05, 3.63) is 24.3 Å². The van der Waals surface area contributed by atoms with Gasteiger partial charge in [0.15, 0.2) is 5.58 Å². The fourth-order valence-electron chi connectivity index (χ4n) is 3.10. The number of nitrogens with zero attached hydrogens (tertiary/aromatic N) is 3. The van der Waals surface area contributed by atoms with Crippen LogP contribution in [0, 0.1) is 5.92 Å². The Morgan fingerprint density at radius 1 is 1.18 bits per heavy atom. The number of para-hydroxylation sites is 2. The second-order valence-electron chi connectivity index (χ2n) is 5.84. The van der Waals surface area contributed by atoms with Gasteiger partial charge >= 0.3 is 0 Å². The number of hydrogen-bond acceptors (Lipinski definition) is 5. The van der Waals surface area contributed by atoms with Gasteiger partial charge in [-0.1, -0.05) is 12.1 Å². The van der Waals surface area contributed by atoms with Crippen LogP contribution in [-0.4, -0.2) is 55.2 Å². The van der Waals surface area contributed by atoms with Gasteiger partial charge in [0.1, 0.15) is 5.52 Å². The lowest BCUT2D eigenvalue weighted by Gasteiger charge is -2.34. The summed E-state index contributed by atoms with van der Waals surface area (Å²) in [6.45, 7) is 4.23. The number of carbonyl (C=O) groups excluding carboxylic acids is 1. The summed E-state index contributed by atoms with van der Waals surface area (Å²) in [5, 5.41) is 0. The SMILES string of the molecule is O=C([C@@H]1CCOC1)N1CCN(c2nc3ccccc3o2)CC1. The van der Waals surface area contributed by atoms with Crippen molar-refractivity contribution in [3.63, 3.8) is 0 Å². The number of carbonyl (C=O) groups is 1. The average molecular weight is 301 g/mol. The van der Waals surface area contributed by atoms with Gasteiger partial charge in [0.05, 0.1) is 12.5 Å². The summed E-state index contributed by atoms with van der Waals surface area (Å²) in [4.78, 5) is 20.9. The Bertz CT molecular complexity index is 637. The molecule has 2 aromatic rings. The topological polar surface area (TPSA) is 58.8 Å². The summed E-state index contributed by atoms with van der Waals surface area (Å²) in [6, 6.07) is 8.41. The number of aromatic nitrogens is 1. The first-order chi connectivity index (χ1) is 10.8. The molecule has 6 nitrogen and oxygen atoms in total. The predicted octanol–water partition coefficient (Wildman–Crippen LogP) is 1.51. The number of amides is 1. The summed E-state index contributed by atoms with van der Waals surface area (Å²) in [5.74, 6) is 0.283. The first-order valence-corrected chi connectivity index (χ1v) is 7.78. The van der Waals surface area contributed by atoms with Crippen molar-refractivity contribution in [2.24, 2.45) is 5.92 Å². The highest BCUT2D eigenvalue weighted by Gasteiger charge is 2.30. The zero-order chi connectivity index (χ0) is 14.9. The van der Waals surface area contributed by atoms with E-state index >= 15 is 0 Å². The molecule has 2 aliphatic heterocycles. The molecule has 0 spiro atoms. The highest BCUT2D eigenvalue weighted by atomic mass is 16.5. The van der Waals surface area contributed by atoms with Crippen molar-refractivity contribution < 1.29 is 13.9 Å². The van der Waals surface area contributed by atoms with E-state index in [2.05, 4.69) is 9.88 Å². The first-order valence-electron chi connectivity index (χ1n) is 7.78. The Kier molecular flexibility index (Phi) is 3.46. The van der Waals surface area contributed by atoms with E-state index in [-0.39, 0.29) is 11.8 Å². The molecule has 0 bridgehead atoms. The monoisotopic (exact) mass is 301 g/mol. The van der Waals surface area contributed by atoms with Gasteiger partial charge in [-0.25, -0.2) is 0 Å². The highest BCUT2D eigenvalue weighted by Crippen LogP contribution is 2.23. The van der Waals surface area contributed by atoms with E-state index in [1.165, 1.54) is 0 Å². The van der Waals surface area contributed by atoms with E-state index in [1.807, 2.05) is 29.2 Å². The van der Waals surface area contributed by atoms with Gasteiger partial charge in [-0.05, 0) is 18.6 Å². The number of anilines is 1. The average Bonchev–Trinajstić information content (AvgIpc) is 3.23. The fourth-order valence-corrected chi connectivity index (χ4v) is 3.10. The van der Waals surface area contributed by atoms with E-state index in [0.717, 1.165) is 30.6 Å². The van der Waals surface area contributed by atoms with E-state index in [9.17, 15) is 4.79 Å². The molecule has 0 aliphatic carbocycles. The highest BCUT2D eigenvalue weighted by molar-refractivity contribution is 5.79. The van der Waals surface area contributed by atoms with Crippen molar-refractivity contribution in [2.75, 3.05) is 44.3 Å². The van der Waals surface area contributed by atoms with Crippen molar-refractivity contribution in [2.45, 2.75) is 6.42 Å².